The van der Waals surface area contributed by atoms with Crippen LogP contribution in [0.5, 0.6) is 0 Å². The number of carbonyl (C=O) groups excluding carboxylic acids is 1. The third-order valence-electron chi connectivity index (χ3n) is 6.91. The molecule has 0 N–H and O–H groups in total. The van der Waals surface area contributed by atoms with Crippen LogP contribution in [-0.2, 0) is 17.8 Å². The molecule has 0 aliphatic carbocycles. The van der Waals surface area contributed by atoms with E-state index in [-0.39, 0.29) is 11.8 Å². The summed E-state index contributed by atoms with van der Waals surface area (Å²) in [5.41, 5.74) is 4.40. The molecule has 32 heavy (non-hydrogen) atoms. The summed E-state index contributed by atoms with van der Waals surface area (Å²) in [6, 6.07) is 8.75. The van der Waals surface area contributed by atoms with Crippen LogP contribution >= 0.6 is 0 Å². The number of likely N-dealkylation sites (tertiary alicyclic amines) is 1. The van der Waals surface area contributed by atoms with Crippen LogP contribution in [0.4, 0.5) is 5.82 Å². The van der Waals surface area contributed by atoms with Crippen molar-refractivity contribution in [1.29, 1.82) is 0 Å². The Hall–Kier alpha value is -2.80. The van der Waals surface area contributed by atoms with Crippen LogP contribution in [-0.4, -0.2) is 50.5 Å². The molecule has 1 fully saturated rings. The van der Waals surface area contributed by atoms with Gasteiger partial charge in [0.1, 0.15) is 17.5 Å². The first-order valence-corrected chi connectivity index (χ1v) is 11.7. The first kappa shape index (κ1) is 21.1. The van der Waals surface area contributed by atoms with Crippen LogP contribution in [0.3, 0.4) is 0 Å². The maximum Gasteiger partial charge on any atom is 0.228 e. The summed E-state index contributed by atoms with van der Waals surface area (Å²) in [6.07, 6.45) is 3.47. The Bertz CT molecular complexity index is 1170. The quantitative estimate of drug-likeness (QED) is 0.623. The monoisotopic (exact) mass is 432 g/mol. The molecule has 2 aliphatic heterocycles. The number of piperidine rings is 1. The highest BCUT2D eigenvalue weighted by atomic mass is 16.2. The Balaban J connectivity index is 1.40. The number of imidazole rings is 1. The van der Waals surface area contributed by atoms with E-state index in [0.717, 1.165) is 73.1 Å². The van der Waals surface area contributed by atoms with Crippen molar-refractivity contribution in [2.75, 3.05) is 25.0 Å². The van der Waals surface area contributed by atoms with Crippen molar-refractivity contribution in [3.63, 3.8) is 0 Å². The Morgan fingerprint density at radius 2 is 1.94 bits per heavy atom. The molecule has 1 saturated heterocycles. The average Bonchev–Trinajstić information content (AvgIpc) is 3.14. The number of amides is 1. The van der Waals surface area contributed by atoms with Crippen LogP contribution in [0.25, 0.3) is 11.0 Å². The highest BCUT2D eigenvalue weighted by molar-refractivity contribution is 5.94. The Morgan fingerprint density at radius 1 is 1.12 bits per heavy atom. The smallest absolute Gasteiger partial charge is 0.228 e. The third kappa shape index (κ3) is 3.68. The zero-order valence-electron chi connectivity index (χ0n) is 19.5. The van der Waals surface area contributed by atoms with E-state index in [0.29, 0.717) is 12.5 Å². The van der Waals surface area contributed by atoms with Crippen molar-refractivity contribution < 1.29 is 4.79 Å². The molecule has 2 aliphatic rings. The summed E-state index contributed by atoms with van der Waals surface area (Å²) in [5, 5.41) is 0. The number of anilines is 1. The molecule has 7 nitrogen and oxygen atoms in total. The fraction of sp³-hybridized carbons (Fsp3) is 0.520. The summed E-state index contributed by atoms with van der Waals surface area (Å²) < 4.78 is 2.36. The maximum atomic E-state index is 12.2. The number of nitrogens with zero attached hydrogens (tertiary/aromatic N) is 6. The minimum absolute atomic E-state index is 0.138. The topological polar surface area (TPSA) is 67.2 Å². The zero-order chi connectivity index (χ0) is 22.4. The molecule has 3 aromatic rings. The van der Waals surface area contributed by atoms with E-state index >= 15 is 0 Å². The normalized spacial score (nSPS) is 19.7. The Morgan fingerprint density at radius 3 is 2.75 bits per heavy atom. The van der Waals surface area contributed by atoms with Crippen LogP contribution in [0, 0.1) is 6.92 Å². The van der Waals surface area contributed by atoms with Crippen molar-refractivity contribution in [3.8, 4) is 0 Å². The Kier molecular flexibility index (Phi) is 5.45. The lowest BCUT2D eigenvalue weighted by molar-refractivity contribution is -0.118. The zero-order valence-corrected chi connectivity index (χ0v) is 19.5. The predicted molar refractivity (Wildman–Crippen MR) is 126 cm³/mol. The lowest BCUT2D eigenvalue weighted by atomic mass is 9.96. The van der Waals surface area contributed by atoms with E-state index in [4.69, 9.17) is 15.0 Å². The summed E-state index contributed by atoms with van der Waals surface area (Å²) in [7, 11) is 1.83. The van der Waals surface area contributed by atoms with E-state index < -0.39 is 0 Å². The molecule has 1 atom stereocenters. The van der Waals surface area contributed by atoms with Crippen LogP contribution in [0.2, 0.25) is 0 Å². The SMILES string of the molecule is Cc1nc(C2CCCN(Cc3nc4ccccc4n3C(C)C)C2)nc2c1CCC(=O)N2C. The lowest BCUT2D eigenvalue weighted by Gasteiger charge is -2.33. The molecule has 4 heterocycles. The van der Waals surface area contributed by atoms with Crippen LogP contribution in [0.15, 0.2) is 24.3 Å². The first-order valence-electron chi connectivity index (χ1n) is 11.7. The number of carbonyl (C=O) groups is 1. The molecule has 0 bridgehead atoms. The number of rotatable bonds is 4. The molecule has 168 valence electrons. The van der Waals surface area contributed by atoms with Gasteiger partial charge < -0.3 is 4.57 Å². The molecular weight excluding hydrogens is 400 g/mol. The van der Waals surface area contributed by atoms with Crippen molar-refractivity contribution >= 4 is 22.8 Å². The number of hydrogen-bond donors (Lipinski definition) is 0. The number of aryl methyl sites for hydroxylation is 1. The second-order valence-corrected chi connectivity index (χ2v) is 9.48. The molecule has 0 radical (unpaired) electrons. The number of aromatic nitrogens is 4. The van der Waals surface area contributed by atoms with Gasteiger partial charge in [0.15, 0.2) is 0 Å². The first-order chi connectivity index (χ1) is 15.4. The van der Waals surface area contributed by atoms with Crippen LogP contribution < -0.4 is 4.90 Å². The highest BCUT2D eigenvalue weighted by Gasteiger charge is 2.29. The molecule has 1 unspecified atom stereocenters. The van der Waals surface area contributed by atoms with Gasteiger partial charge in [-0.15, -0.1) is 0 Å². The van der Waals surface area contributed by atoms with Crippen molar-refractivity contribution in [2.45, 2.75) is 65.0 Å². The minimum Gasteiger partial charge on any atom is -0.324 e. The van der Waals surface area contributed by atoms with Crippen LogP contribution in [0.1, 0.15) is 68.0 Å². The molecule has 0 saturated carbocycles. The third-order valence-corrected chi connectivity index (χ3v) is 6.91. The number of hydrogen-bond acceptors (Lipinski definition) is 5. The van der Waals surface area contributed by atoms with Gasteiger partial charge >= 0.3 is 0 Å². The van der Waals surface area contributed by atoms with Gasteiger partial charge in [0.2, 0.25) is 5.91 Å². The standard InChI is InChI=1S/C25H32N6O/c1-16(2)31-21-10-6-5-9-20(21)27-22(31)15-30-13-7-8-18(14-30)24-26-17(3)19-11-12-23(32)29(4)25(19)28-24/h5-6,9-10,16,18H,7-8,11-15H2,1-4H3. The average molecular weight is 433 g/mol. The number of benzene rings is 1. The van der Waals surface area contributed by atoms with E-state index in [2.05, 4.69) is 54.5 Å². The van der Waals surface area contributed by atoms with Gasteiger partial charge in [0, 0.05) is 43.2 Å². The van der Waals surface area contributed by atoms with Gasteiger partial charge in [-0.05, 0) is 58.7 Å². The largest absolute Gasteiger partial charge is 0.324 e. The maximum absolute atomic E-state index is 12.2. The molecule has 5 rings (SSSR count). The summed E-state index contributed by atoms with van der Waals surface area (Å²) in [4.78, 5) is 31.2. The van der Waals surface area contributed by atoms with Gasteiger partial charge in [0.25, 0.3) is 0 Å². The molecule has 0 spiro atoms. The molecule has 7 heteroatoms. The van der Waals surface area contributed by atoms with Gasteiger partial charge in [-0.25, -0.2) is 15.0 Å². The lowest BCUT2D eigenvalue weighted by Crippen LogP contribution is -2.37. The van der Waals surface area contributed by atoms with E-state index in [1.54, 1.807) is 4.90 Å². The predicted octanol–water partition coefficient (Wildman–Crippen LogP) is 4.00. The highest BCUT2D eigenvalue weighted by Crippen LogP contribution is 2.32. The van der Waals surface area contributed by atoms with Crippen molar-refractivity contribution in [2.24, 2.45) is 0 Å². The van der Waals surface area contributed by atoms with Crippen molar-refractivity contribution in [1.82, 2.24) is 24.4 Å². The van der Waals surface area contributed by atoms with E-state index in [1.165, 1.54) is 5.52 Å². The number of fused-ring (bicyclic) bond motifs is 2. The Labute approximate surface area is 189 Å². The second-order valence-electron chi connectivity index (χ2n) is 9.48. The number of para-hydroxylation sites is 2. The summed E-state index contributed by atoms with van der Waals surface area (Å²) in [5.74, 6) is 3.22. The summed E-state index contributed by atoms with van der Waals surface area (Å²) >= 11 is 0. The molecular formula is C25H32N6O. The second kappa shape index (κ2) is 8.28. The van der Waals surface area contributed by atoms with E-state index in [9.17, 15) is 4.79 Å². The van der Waals surface area contributed by atoms with Gasteiger partial charge in [0.05, 0.1) is 17.6 Å². The van der Waals surface area contributed by atoms with E-state index in [1.807, 2.05) is 7.05 Å². The summed E-state index contributed by atoms with van der Waals surface area (Å²) in [6.45, 7) is 9.29. The van der Waals surface area contributed by atoms with Gasteiger partial charge in [-0.3, -0.25) is 14.6 Å². The van der Waals surface area contributed by atoms with Gasteiger partial charge in [-0.2, -0.15) is 0 Å². The molecule has 1 aromatic carbocycles. The molecule has 2 aromatic heterocycles. The fourth-order valence-corrected chi connectivity index (χ4v) is 5.26. The minimum atomic E-state index is 0.138. The van der Waals surface area contributed by atoms with Crippen molar-refractivity contribution in [3.05, 3.63) is 47.2 Å². The fourth-order valence-electron chi connectivity index (χ4n) is 5.26. The van der Waals surface area contributed by atoms with Gasteiger partial charge in [-0.1, -0.05) is 12.1 Å². The molecule has 1 amide bonds.